The quantitative estimate of drug-likeness (QED) is 0.860. The van der Waals surface area contributed by atoms with Crippen molar-refractivity contribution in [3.05, 3.63) is 54.1 Å². The SMILES string of the molecule is CC(CN1CCOCC1)NC(=O)C=Cc1cccc2ccccc12. The lowest BCUT2D eigenvalue weighted by atomic mass is 10.0. The van der Waals surface area contributed by atoms with Gasteiger partial charge in [0.05, 0.1) is 13.2 Å². The predicted octanol–water partition coefficient (Wildman–Crippen LogP) is 2.69. The first-order chi connectivity index (χ1) is 11.7. The maximum atomic E-state index is 12.2. The van der Waals surface area contributed by atoms with Gasteiger partial charge in [0.1, 0.15) is 0 Å². The third-order valence-corrected chi connectivity index (χ3v) is 4.26. The third kappa shape index (κ3) is 4.43. The number of carbonyl (C=O) groups is 1. The minimum absolute atomic E-state index is 0.0521. The number of rotatable bonds is 5. The maximum Gasteiger partial charge on any atom is 0.244 e. The van der Waals surface area contributed by atoms with Crippen LogP contribution >= 0.6 is 0 Å². The summed E-state index contributed by atoms with van der Waals surface area (Å²) >= 11 is 0. The average molecular weight is 324 g/mol. The lowest BCUT2D eigenvalue weighted by Crippen LogP contribution is -2.45. The van der Waals surface area contributed by atoms with Crippen LogP contribution < -0.4 is 5.32 Å². The van der Waals surface area contributed by atoms with Crippen LogP contribution in [0.2, 0.25) is 0 Å². The number of benzene rings is 2. The van der Waals surface area contributed by atoms with E-state index >= 15 is 0 Å². The van der Waals surface area contributed by atoms with E-state index in [1.54, 1.807) is 6.08 Å². The smallest absolute Gasteiger partial charge is 0.244 e. The minimum atomic E-state index is -0.0521. The number of ether oxygens (including phenoxy) is 1. The zero-order valence-corrected chi connectivity index (χ0v) is 14.1. The molecule has 0 saturated carbocycles. The molecular formula is C20H24N2O2. The van der Waals surface area contributed by atoms with Crippen LogP contribution in [0.15, 0.2) is 48.5 Å². The Kier molecular flexibility index (Phi) is 5.62. The molecule has 2 aromatic rings. The van der Waals surface area contributed by atoms with Crippen molar-refractivity contribution in [1.29, 1.82) is 0 Å². The molecule has 1 saturated heterocycles. The summed E-state index contributed by atoms with van der Waals surface area (Å²) in [5, 5.41) is 5.38. The highest BCUT2D eigenvalue weighted by atomic mass is 16.5. The molecule has 1 unspecified atom stereocenters. The fourth-order valence-electron chi connectivity index (χ4n) is 3.07. The molecule has 1 atom stereocenters. The summed E-state index contributed by atoms with van der Waals surface area (Å²) in [6.07, 6.45) is 3.51. The molecule has 1 N–H and O–H groups in total. The number of hydrogen-bond acceptors (Lipinski definition) is 3. The molecule has 0 spiro atoms. The topological polar surface area (TPSA) is 41.6 Å². The van der Waals surface area contributed by atoms with Gasteiger partial charge in [0.2, 0.25) is 5.91 Å². The van der Waals surface area contributed by atoms with Gasteiger partial charge in [0.25, 0.3) is 0 Å². The number of fused-ring (bicyclic) bond motifs is 1. The summed E-state index contributed by atoms with van der Waals surface area (Å²) < 4.78 is 5.34. The van der Waals surface area contributed by atoms with Crippen molar-refractivity contribution in [1.82, 2.24) is 10.2 Å². The Balaban J connectivity index is 1.58. The largest absolute Gasteiger partial charge is 0.379 e. The van der Waals surface area contributed by atoms with Crippen LogP contribution in [0.5, 0.6) is 0 Å². The van der Waals surface area contributed by atoms with Gasteiger partial charge in [0.15, 0.2) is 0 Å². The molecule has 1 aliphatic heterocycles. The molecule has 0 aliphatic carbocycles. The number of hydrogen-bond donors (Lipinski definition) is 1. The normalized spacial score (nSPS) is 17.2. The third-order valence-electron chi connectivity index (χ3n) is 4.26. The Bertz CT molecular complexity index is 715. The van der Waals surface area contributed by atoms with Crippen LogP contribution in [-0.4, -0.2) is 49.7 Å². The van der Waals surface area contributed by atoms with Gasteiger partial charge in [-0.15, -0.1) is 0 Å². The van der Waals surface area contributed by atoms with E-state index in [0.717, 1.165) is 43.8 Å². The summed E-state index contributed by atoms with van der Waals surface area (Å²) in [6, 6.07) is 14.4. The second kappa shape index (κ2) is 8.08. The standard InChI is InChI=1S/C20H24N2O2/c1-16(15-22-11-13-24-14-12-22)21-20(23)10-9-18-7-4-6-17-5-2-3-8-19(17)18/h2-10,16H,11-15H2,1H3,(H,21,23). The first-order valence-corrected chi connectivity index (χ1v) is 8.49. The van der Waals surface area contributed by atoms with Crippen LogP contribution in [0.1, 0.15) is 12.5 Å². The lowest BCUT2D eigenvalue weighted by Gasteiger charge is -2.29. The zero-order chi connectivity index (χ0) is 16.8. The Morgan fingerprint density at radius 3 is 2.79 bits per heavy atom. The van der Waals surface area contributed by atoms with Gasteiger partial charge in [-0.3, -0.25) is 9.69 Å². The maximum absolute atomic E-state index is 12.2. The molecule has 0 radical (unpaired) electrons. The summed E-state index contributed by atoms with van der Waals surface area (Å²) in [7, 11) is 0. The molecule has 0 bridgehead atoms. The Morgan fingerprint density at radius 1 is 1.21 bits per heavy atom. The van der Waals surface area contributed by atoms with E-state index in [4.69, 9.17) is 4.74 Å². The number of nitrogens with zero attached hydrogens (tertiary/aromatic N) is 1. The van der Waals surface area contributed by atoms with Gasteiger partial charge >= 0.3 is 0 Å². The zero-order valence-electron chi connectivity index (χ0n) is 14.1. The van der Waals surface area contributed by atoms with Crippen molar-refractivity contribution < 1.29 is 9.53 Å². The molecule has 4 nitrogen and oxygen atoms in total. The molecule has 24 heavy (non-hydrogen) atoms. The molecule has 1 aliphatic rings. The van der Waals surface area contributed by atoms with Crippen molar-refractivity contribution in [2.75, 3.05) is 32.8 Å². The predicted molar refractivity (Wildman–Crippen MR) is 97.8 cm³/mol. The Hall–Kier alpha value is -2.17. The van der Waals surface area contributed by atoms with E-state index in [0.29, 0.717) is 0 Å². The lowest BCUT2D eigenvalue weighted by molar-refractivity contribution is -0.117. The minimum Gasteiger partial charge on any atom is -0.379 e. The van der Waals surface area contributed by atoms with Gasteiger partial charge in [0, 0.05) is 31.8 Å². The molecule has 0 aromatic heterocycles. The van der Waals surface area contributed by atoms with Crippen LogP contribution in [0, 0.1) is 0 Å². The van der Waals surface area contributed by atoms with E-state index in [1.807, 2.05) is 37.3 Å². The molecule has 4 heteroatoms. The summed E-state index contributed by atoms with van der Waals surface area (Å²) in [4.78, 5) is 14.5. The number of morpholine rings is 1. The first kappa shape index (κ1) is 16.7. The summed E-state index contributed by atoms with van der Waals surface area (Å²) in [5.74, 6) is -0.0521. The Morgan fingerprint density at radius 2 is 1.96 bits per heavy atom. The van der Waals surface area contributed by atoms with Crippen LogP contribution in [0.3, 0.4) is 0 Å². The van der Waals surface area contributed by atoms with Gasteiger partial charge in [-0.25, -0.2) is 0 Å². The van der Waals surface area contributed by atoms with Crippen LogP contribution in [-0.2, 0) is 9.53 Å². The first-order valence-electron chi connectivity index (χ1n) is 8.49. The fourth-order valence-corrected chi connectivity index (χ4v) is 3.07. The van der Waals surface area contributed by atoms with Crippen molar-refractivity contribution in [2.45, 2.75) is 13.0 Å². The van der Waals surface area contributed by atoms with E-state index < -0.39 is 0 Å². The second-order valence-electron chi connectivity index (χ2n) is 6.22. The number of nitrogens with one attached hydrogen (secondary N) is 1. The van der Waals surface area contributed by atoms with Crippen LogP contribution in [0.25, 0.3) is 16.8 Å². The summed E-state index contributed by atoms with van der Waals surface area (Å²) in [5.41, 5.74) is 1.06. The van der Waals surface area contributed by atoms with Gasteiger partial charge in [-0.05, 0) is 29.3 Å². The van der Waals surface area contributed by atoms with Crippen molar-refractivity contribution in [3.8, 4) is 0 Å². The van der Waals surface area contributed by atoms with Crippen LogP contribution in [0.4, 0.5) is 0 Å². The molecule has 1 amide bonds. The van der Waals surface area contributed by atoms with E-state index in [2.05, 4.69) is 28.4 Å². The number of carbonyl (C=O) groups excluding carboxylic acids is 1. The highest BCUT2D eigenvalue weighted by Gasteiger charge is 2.14. The summed E-state index contributed by atoms with van der Waals surface area (Å²) in [6.45, 7) is 6.33. The molecule has 1 heterocycles. The van der Waals surface area contributed by atoms with E-state index in [1.165, 1.54) is 5.39 Å². The molecule has 2 aromatic carbocycles. The highest BCUT2D eigenvalue weighted by Crippen LogP contribution is 2.19. The molecular weight excluding hydrogens is 300 g/mol. The molecule has 126 valence electrons. The molecule has 3 rings (SSSR count). The van der Waals surface area contributed by atoms with E-state index in [9.17, 15) is 4.79 Å². The fraction of sp³-hybridized carbons (Fsp3) is 0.350. The van der Waals surface area contributed by atoms with E-state index in [-0.39, 0.29) is 11.9 Å². The highest BCUT2D eigenvalue weighted by molar-refractivity contribution is 5.96. The second-order valence-corrected chi connectivity index (χ2v) is 6.22. The average Bonchev–Trinajstić information content (AvgIpc) is 2.60. The molecule has 1 fully saturated rings. The van der Waals surface area contributed by atoms with Crippen molar-refractivity contribution in [3.63, 3.8) is 0 Å². The van der Waals surface area contributed by atoms with Gasteiger partial charge in [-0.1, -0.05) is 42.5 Å². The number of amides is 1. The van der Waals surface area contributed by atoms with Crippen molar-refractivity contribution >= 4 is 22.8 Å². The monoisotopic (exact) mass is 324 g/mol. The van der Waals surface area contributed by atoms with Gasteiger partial charge in [-0.2, -0.15) is 0 Å². The van der Waals surface area contributed by atoms with Gasteiger partial charge < -0.3 is 10.1 Å². The van der Waals surface area contributed by atoms with Crippen molar-refractivity contribution in [2.24, 2.45) is 0 Å². The Labute approximate surface area is 143 Å².